The molecule has 2 atom stereocenters. The van der Waals surface area contributed by atoms with Crippen LogP contribution in [0.15, 0.2) is 22.7 Å². The lowest BCUT2D eigenvalue weighted by Gasteiger charge is -2.23. The van der Waals surface area contributed by atoms with Gasteiger partial charge in [0, 0.05) is 23.4 Å². The molecule has 0 aliphatic heterocycles. The van der Waals surface area contributed by atoms with Crippen LogP contribution in [-0.2, 0) is 6.42 Å². The summed E-state index contributed by atoms with van der Waals surface area (Å²) in [7, 11) is 0. The average molecular weight is 337 g/mol. The molecule has 1 aliphatic carbocycles. The molecule has 0 aromatic heterocycles. The van der Waals surface area contributed by atoms with Crippen molar-refractivity contribution < 1.29 is 13.2 Å². The summed E-state index contributed by atoms with van der Waals surface area (Å²) < 4.78 is 40.4. The van der Waals surface area contributed by atoms with Gasteiger partial charge in [-0.05, 0) is 42.5 Å². The molecule has 0 bridgehead atoms. The first kappa shape index (κ1) is 14.8. The highest BCUT2D eigenvalue weighted by Crippen LogP contribution is 2.40. The summed E-state index contributed by atoms with van der Waals surface area (Å²) in [6.45, 7) is 0. The lowest BCUT2D eigenvalue weighted by molar-refractivity contribution is 0.00330. The molecule has 0 spiro atoms. The van der Waals surface area contributed by atoms with Crippen molar-refractivity contribution in [3.8, 4) is 0 Å². The predicted molar refractivity (Wildman–Crippen MR) is 71.2 cm³/mol. The van der Waals surface area contributed by atoms with Gasteiger partial charge in [0.25, 0.3) is 0 Å². The van der Waals surface area contributed by atoms with Crippen molar-refractivity contribution in [1.82, 2.24) is 5.43 Å². The molecule has 1 aromatic carbocycles. The quantitative estimate of drug-likeness (QED) is 0.653. The molecule has 1 saturated carbocycles. The highest BCUT2D eigenvalue weighted by molar-refractivity contribution is 9.10. The number of hydrogen-bond acceptors (Lipinski definition) is 2. The number of nitrogens with two attached hydrogens (primary N) is 1. The molecule has 1 fully saturated rings. The number of alkyl halides is 2. The molecule has 2 unspecified atom stereocenters. The second-order valence-electron chi connectivity index (χ2n) is 5.11. The van der Waals surface area contributed by atoms with E-state index < -0.39 is 5.92 Å². The van der Waals surface area contributed by atoms with Crippen molar-refractivity contribution in [2.75, 3.05) is 0 Å². The fraction of sp³-hybridized carbons (Fsp3) is 0.538. The van der Waals surface area contributed by atoms with E-state index in [1.807, 2.05) is 0 Å². The third-order valence-electron chi connectivity index (χ3n) is 3.60. The van der Waals surface area contributed by atoms with Gasteiger partial charge in [-0.1, -0.05) is 15.9 Å². The smallest absolute Gasteiger partial charge is 0.248 e. The number of halogens is 4. The van der Waals surface area contributed by atoms with E-state index in [1.165, 1.54) is 12.1 Å². The zero-order chi connectivity index (χ0) is 14.0. The van der Waals surface area contributed by atoms with Crippen LogP contribution in [0, 0.1) is 11.7 Å². The van der Waals surface area contributed by atoms with Crippen molar-refractivity contribution in [3.05, 3.63) is 34.1 Å². The van der Waals surface area contributed by atoms with E-state index in [2.05, 4.69) is 21.4 Å². The van der Waals surface area contributed by atoms with Gasteiger partial charge >= 0.3 is 0 Å². The van der Waals surface area contributed by atoms with Crippen LogP contribution in [0.3, 0.4) is 0 Å². The molecule has 19 heavy (non-hydrogen) atoms. The molecule has 0 amide bonds. The van der Waals surface area contributed by atoms with Gasteiger partial charge in [-0.2, -0.15) is 0 Å². The molecule has 1 aliphatic rings. The van der Waals surface area contributed by atoms with E-state index in [4.69, 9.17) is 5.84 Å². The Morgan fingerprint density at radius 3 is 2.68 bits per heavy atom. The largest absolute Gasteiger partial charge is 0.271 e. The molecule has 6 heteroatoms. The fourth-order valence-corrected chi connectivity index (χ4v) is 3.18. The molecule has 3 N–H and O–H groups in total. The van der Waals surface area contributed by atoms with Crippen LogP contribution in [0.4, 0.5) is 13.2 Å². The second kappa shape index (κ2) is 5.81. The number of benzene rings is 1. The monoisotopic (exact) mass is 336 g/mol. The molecular weight excluding hydrogens is 321 g/mol. The van der Waals surface area contributed by atoms with E-state index in [0.29, 0.717) is 17.3 Å². The van der Waals surface area contributed by atoms with E-state index in [9.17, 15) is 13.2 Å². The third kappa shape index (κ3) is 3.94. The van der Waals surface area contributed by atoms with E-state index in [1.54, 1.807) is 6.07 Å². The van der Waals surface area contributed by atoms with Crippen molar-refractivity contribution in [3.63, 3.8) is 0 Å². The van der Waals surface area contributed by atoms with E-state index in [-0.39, 0.29) is 30.6 Å². The van der Waals surface area contributed by atoms with Gasteiger partial charge in [0.1, 0.15) is 5.82 Å². The van der Waals surface area contributed by atoms with Crippen LogP contribution in [0.2, 0.25) is 0 Å². The molecule has 1 aromatic rings. The Morgan fingerprint density at radius 1 is 1.42 bits per heavy atom. The average Bonchev–Trinajstić information content (AvgIpc) is 2.65. The van der Waals surface area contributed by atoms with Gasteiger partial charge in [-0.15, -0.1) is 0 Å². The molecule has 2 nitrogen and oxygen atoms in total. The van der Waals surface area contributed by atoms with Gasteiger partial charge in [0.2, 0.25) is 5.92 Å². The number of nitrogens with one attached hydrogen (secondary N) is 1. The highest BCUT2D eigenvalue weighted by atomic mass is 79.9. The summed E-state index contributed by atoms with van der Waals surface area (Å²) in [5.41, 5.74) is 3.34. The minimum atomic E-state index is -2.59. The van der Waals surface area contributed by atoms with Crippen LogP contribution in [-0.4, -0.2) is 12.0 Å². The minimum Gasteiger partial charge on any atom is -0.271 e. The Balaban J connectivity index is 2.07. The van der Waals surface area contributed by atoms with E-state index >= 15 is 0 Å². The molecule has 106 valence electrons. The van der Waals surface area contributed by atoms with Gasteiger partial charge in [0.15, 0.2) is 0 Å². The molecule has 0 radical (unpaired) electrons. The lowest BCUT2D eigenvalue weighted by Crippen LogP contribution is -2.42. The summed E-state index contributed by atoms with van der Waals surface area (Å²) in [6.07, 6.45) is 0.632. The van der Waals surface area contributed by atoms with Crippen molar-refractivity contribution in [1.29, 1.82) is 0 Å². The summed E-state index contributed by atoms with van der Waals surface area (Å²) in [5.74, 6) is 2.34. The second-order valence-corrected chi connectivity index (χ2v) is 6.03. The number of hydrogen-bond donors (Lipinski definition) is 2. The summed E-state index contributed by atoms with van der Waals surface area (Å²) in [5, 5.41) is 0. The lowest BCUT2D eigenvalue weighted by atomic mass is 9.92. The maximum Gasteiger partial charge on any atom is 0.248 e. The van der Waals surface area contributed by atoms with Crippen molar-refractivity contribution in [2.45, 2.75) is 37.6 Å². The van der Waals surface area contributed by atoms with Gasteiger partial charge in [-0.3, -0.25) is 11.3 Å². The van der Waals surface area contributed by atoms with Gasteiger partial charge in [-0.25, -0.2) is 13.2 Å². The van der Waals surface area contributed by atoms with Crippen LogP contribution in [0.25, 0.3) is 0 Å². The first-order chi connectivity index (χ1) is 8.89. The fourth-order valence-electron chi connectivity index (χ4n) is 2.67. The van der Waals surface area contributed by atoms with Crippen molar-refractivity contribution >= 4 is 15.9 Å². The van der Waals surface area contributed by atoms with Crippen LogP contribution in [0.5, 0.6) is 0 Å². The first-order valence-electron chi connectivity index (χ1n) is 6.18. The zero-order valence-electron chi connectivity index (χ0n) is 10.3. The van der Waals surface area contributed by atoms with Gasteiger partial charge in [0.05, 0.1) is 0 Å². The molecule has 0 saturated heterocycles. The van der Waals surface area contributed by atoms with E-state index in [0.717, 1.165) is 5.56 Å². The van der Waals surface area contributed by atoms with Crippen LogP contribution >= 0.6 is 15.9 Å². The summed E-state index contributed by atoms with van der Waals surface area (Å²) >= 11 is 3.21. The predicted octanol–water partition coefficient (Wildman–Crippen LogP) is 3.40. The van der Waals surface area contributed by atoms with Crippen molar-refractivity contribution in [2.24, 2.45) is 11.8 Å². The SMILES string of the molecule is NNC(Cc1cc(F)cc(Br)c1)C1CCC(F)(F)C1. The molecular formula is C13H16BrF3N2. The normalized spacial score (nSPS) is 23.5. The van der Waals surface area contributed by atoms with Crippen LogP contribution < -0.4 is 11.3 Å². The summed E-state index contributed by atoms with van der Waals surface area (Å²) in [4.78, 5) is 0. The maximum absolute atomic E-state index is 13.3. The Bertz CT molecular complexity index is 433. The Morgan fingerprint density at radius 2 is 2.16 bits per heavy atom. The number of hydrazine groups is 1. The Hall–Kier alpha value is -0.590. The summed E-state index contributed by atoms with van der Waals surface area (Å²) in [6, 6.07) is 4.28. The first-order valence-corrected chi connectivity index (χ1v) is 6.98. The van der Waals surface area contributed by atoms with Crippen LogP contribution in [0.1, 0.15) is 24.8 Å². The maximum atomic E-state index is 13.3. The zero-order valence-corrected chi connectivity index (χ0v) is 11.9. The Kier molecular flexibility index (Phi) is 4.53. The van der Waals surface area contributed by atoms with Gasteiger partial charge < -0.3 is 0 Å². The molecule has 0 heterocycles. The molecule has 2 rings (SSSR count). The topological polar surface area (TPSA) is 38.0 Å². The third-order valence-corrected chi connectivity index (χ3v) is 4.06. The standard InChI is InChI=1S/C13H16BrF3N2/c14-10-3-8(4-11(15)6-10)5-12(19-18)9-1-2-13(16,17)7-9/h3-4,6,9,12,19H,1-2,5,7,18H2. The Labute approximate surface area is 118 Å². The number of rotatable bonds is 4. The minimum absolute atomic E-state index is 0.0946. The highest BCUT2D eigenvalue weighted by Gasteiger charge is 2.42.